The molecule has 0 spiro atoms. The smallest absolute Gasteiger partial charge is 0.195 e. The minimum Gasteiger partial charge on any atom is -0.302 e. The number of aromatic nitrogens is 4. The number of H-pyrrole nitrogens is 1. The minimum atomic E-state index is 0.625. The van der Waals surface area contributed by atoms with E-state index in [0.717, 1.165) is 29.0 Å². The molecule has 1 fully saturated rings. The summed E-state index contributed by atoms with van der Waals surface area (Å²) in [6, 6.07) is 0. The van der Waals surface area contributed by atoms with Gasteiger partial charge in [-0.15, -0.1) is 11.3 Å². The van der Waals surface area contributed by atoms with Crippen LogP contribution in [0.1, 0.15) is 24.8 Å². The fourth-order valence-corrected chi connectivity index (χ4v) is 3.42. The van der Waals surface area contributed by atoms with Crippen molar-refractivity contribution < 1.29 is 0 Å². The molecule has 1 aliphatic rings. The number of nitrogens with one attached hydrogen (secondary N) is 1. The van der Waals surface area contributed by atoms with Crippen LogP contribution in [0.2, 0.25) is 0 Å². The normalized spacial score (nSPS) is 17.7. The Kier molecular flexibility index (Phi) is 4.00. The number of nitrogens with zero attached hydrogens (tertiary/aromatic N) is 4. The molecule has 0 unspecified atom stereocenters. The molecule has 0 atom stereocenters. The third-order valence-electron chi connectivity index (χ3n) is 3.90. The SMILES string of the molecule is CC1CCN(Cc2nc(-c3n[nH]c(=S)n3C)cs2)CC1. The molecule has 1 N–H and O–H groups in total. The Labute approximate surface area is 127 Å². The first-order chi connectivity index (χ1) is 9.63. The standard InChI is InChI=1S/C13H19N5S2/c1-9-3-5-18(6-4-9)7-11-14-10(8-20-11)12-15-16-13(19)17(12)2/h8-9H,3-7H2,1-2H3,(H,16,19). The fraction of sp³-hybridized carbons (Fsp3) is 0.615. The maximum atomic E-state index is 5.14. The average Bonchev–Trinajstić information content (AvgIpc) is 3.01. The number of piperidine rings is 1. The van der Waals surface area contributed by atoms with Gasteiger partial charge in [0.15, 0.2) is 10.6 Å². The Morgan fingerprint density at radius 3 is 2.85 bits per heavy atom. The summed E-state index contributed by atoms with van der Waals surface area (Å²) >= 11 is 6.84. The average molecular weight is 309 g/mol. The molecule has 20 heavy (non-hydrogen) atoms. The molecule has 0 aromatic carbocycles. The first-order valence-electron chi connectivity index (χ1n) is 6.92. The summed E-state index contributed by atoms with van der Waals surface area (Å²) in [6.07, 6.45) is 2.59. The van der Waals surface area contributed by atoms with E-state index < -0.39 is 0 Å². The van der Waals surface area contributed by atoms with Crippen LogP contribution in [0.15, 0.2) is 5.38 Å². The molecule has 3 heterocycles. The Morgan fingerprint density at radius 2 is 2.20 bits per heavy atom. The second-order valence-corrected chi connectivity index (χ2v) is 6.83. The van der Waals surface area contributed by atoms with Crippen molar-refractivity contribution in [3.05, 3.63) is 15.2 Å². The van der Waals surface area contributed by atoms with Gasteiger partial charge in [0.25, 0.3) is 0 Å². The lowest BCUT2D eigenvalue weighted by molar-refractivity contribution is 0.185. The van der Waals surface area contributed by atoms with Crippen molar-refractivity contribution in [2.75, 3.05) is 13.1 Å². The number of aromatic amines is 1. The van der Waals surface area contributed by atoms with Gasteiger partial charge >= 0.3 is 0 Å². The summed E-state index contributed by atoms with van der Waals surface area (Å²) in [5, 5.41) is 10.3. The van der Waals surface area contributed by atoms with Crippen LogP contribution >= 0.6 is 23.6 Å². The third kappa shape index (κ3) is 2.84. The van der Waals surface area contributed by atoms with Gasteiger partial charge in [-0.1, -0.05) is 6.92 Å². The van der Waals surface area contributed by atoms with E-state index >= 15 is 0 Å². The summed E-state index contributed by atoms with van der Waals surface area (Å²) in [5.74, 6) is 1.68. The molecule has 2 aromatic rings. The van der Waals surface area contributed by atoms with Gasteiger partial charge in [0.05, 0.1) is 6.54 Å². The topological polar surface area (TPSA) is 49.7 Å². The van der Waals surface area contributed by atoms with Crippen LogP contribution in [0.4, 0.5) is 0 Å². The number of hydrogen-bond donors (Lipinski definition) is 1. The van der Waals surface area contributed by atoms with E-state index in [9.17, 15) is 0 Å². The van der Waals surface area contributed by atoms with Crippen molar-refractivity contribution >= 4 is 23.6 Å². The third-order valence-corrected chi connectivity index (χ3v) is 5.09. The lowest BCUT2D eigenvalue weighted by Gasteiger charge is -2.29. The van der Waals surface area contributed by atoms with E-state index in [4.69, 9.17) is 17.2 Å². The largest absolute Gasteiger partial charge is 0.302 e. The van der Waals surface area contributed by atoms with Crippen LogP contribution in [-0.4, -0.2) is 37.7 Å². The van der Waals surface area contributed by atoms with Crippen LogP contribution in [0.25, 0.3) is 11.5 Å². The molecule has 0 amide bonds. The van der Waals surface area contributed by atoms with Crippen molar-refractivity contribution in [1.82, 2.24) is 24.6 Å². The van der Waals surface area contributed by atoms with Gasteiger partial charge in [-0.2, -0.15) is 5.10 Å². The highest BCUT2D eigenvalue weighted by Crippen LogP contribution is 2.23. The zero-order valence-corrected chi connectivity index (χ0v) is 13.4. The molecule has 0 radical (unpaired) electrons. The summed E-state index contributed by atoms with van der Waals surface area (Å²) < 4.78 is 2.48. The first-order valence-corrected chi connectivity index (χ1v) is 8.21. The van der Waals surface area contributed by atoms with Gasteiger partial charge in [-0.3, -0.25) is 10.00 Å². The molecule has 2 aromatic heterocycles. The van der Waals surface area contributed by atoms with Crippen LogP contribution in [0.5, 0.6) is 0 Å². The van der Waals surface area contributed by atoms with Gasteiger partial charge in [0.1, 0.15) is 10.7 Å². The predicted octanol–water partition coefficient (Wildman–Crippen LogP) is 2.83. The monoisotopic (exact) mass is 309 g/mol. The molecule has 0 saturated carbocycles. The van der Waals surface area contributed by atoms with Crippen molar-refractivity contribution in [3.63, 3.8) is 0 Å². The van der Waals surface area contributed by atoms with Crippen LogP contribution in [0.3, 0.4) is 0 Å². The van der Waals surface area contributed by atoms with E-state index in [2.05, 4.69) is 27.4 Å². The zero-order chi connectivity index (χ0) is 14.1. The Morgan fingerprint density at radius 1 is 1.45 bits per heavy atom. The minimum absolute atomic E-state index is 0.625. The van der Waals surface area contributed by atoms with Gasteiger partial charge in [0, 0.05) is 12.4 Å². The lowest BCUT2D eigenvalue weighted by atomic mass is 9.99. The summed E-state index contributed by atoms with van der Waals surface area (Å²) in [6.45, 7) is 5.65. The molecular weight excluding hydrogens is 290 g/mol. The molecular formula is C13H19N5S2. The van der Waals surface area contributed by atoms with E-state index in [-0.39, 0.29) is 0 Å². The highest BCUT2D eigenvalue weighted by molar-refractivity contribution is 7.71. The second kappa shape index (κ2) is 5.75. The maximum Gasteiger partial charge on any atom is 0.195 e. The van der Waals surface area contributed by atoms with E-state index in [1.54, 1.807) is 11.3 Å². The molecule has 1 aliphatic heterocycles. The maximum absolute atomic E-state index is 5.14. The number of thiazole rings is 1. The molecule has 5 nitrogen and oxygen atoms in total. The van der Waals surface area contributed by atoms with Crippen molar-refractivity contribution in [2.24, 2.45) is 13.0 Å². The summed E-state index contributed by atoms with van der Waals surface area (Å²) in [5.41, 5.74) is 0.908. The summed E-state index contributed by atoms with van der Waals surface area (Å²) in [4.78, 5) is 7.19. The van der Waals surface area contributed by atoms with Crippen LogP contribution < -0.4 is 0 Å². The van der Waals surface area contributed by atoms with Gasteiger partial charge < -0.3 is 4.57 Å². The van der Waals surface area contributed by atoms with Crippen molar-refractivity contribution in [2.45, 2.75) is 26.3 Å². The van der Waals surface area contributed by atoms with Gasteiger partial charge in [-0.05, 0) is 44.1 Å². The Hall–Kier alpha value is -1.05. The zero-order valence-electron chi connectivity index (χ0n) is 11.8. The lowest BCUT2D eigenvalue weighted by Crippen LogP contribution is -2.32. The van der Waals surface area contributed by atoms with E-state index in [1.807, 2.05) is 11.6 Å². The number of hydrogen-bond acceptors (Lipinski definition) is 5. The highest BCUT2D eigenvalue weighted by Gasteiger charge is 2.17. The van der Waals surface area contributed by atoms with Crippen LogP contribution in [-0.2, 0) is 13.6 Å². The number of rotatable bonds is 3. The van der Waals surface area contributed by atoms with E-state index in [1.165, 1.54) is 25.9 Å². The highest BCUT2D eigenvalue weighted by atomic mass is 32.1. The van der Waals surface area contributed by atoms with E-state index in [0.29, 0.717) is 4.77 Å². The predicted molar refractivity (Wildman–Crippen MR) is 83.2 cm³/mol. The molecule has 108 valence electrons. The molecule has 0 aliphatic carbocycles. The first kappa shape index (κ1) is 13.9. The second-order valence-electron chi connectivity index (χ2n) is 5.50. The fourth-order valence-electron chi connectivity index (χ4n) is 2.47. The molecule has 3 rings (SSSR count). The quantitative estimate of drug-likeness (QED) is 0.886. The molecule has 7 heteroatoms. The van der Waals surface area contributed by atoms with Gasteiger partial charge in [0.2, 0.25) is 0 Å². The summed E-state index contributed by atoms with van der Waals surface area (Å²) in [7, 11) is 1.91. The van der Waals surface area contributed by atoms with Crippen molar-refractivity contribution in [1.29, 1.82) is 0 Å². The van der Waals surface area contributed by atoms with Crippen molar-refractivity contribution in [3.8, 4) is 11.5 Å². The molecule has 1 saturated heterocycles. The Balaban J connectivity index is 1.71. The van der Waals surface area contributed by atoms with Gasteiger partial charge in [-0.25, -0.2) is 4.98 Å². The Bertz CT molecular complexity index is 633. The number of likely N-dealkylation sites (tertiary alicyclic amines) is 1. The molecule has 0 bridgehead atoms. The van der Waals surface area contributed by atoms with Crippen LogP contribution in [0, 0.1) is 10.7 Å².